The van der Waals surface area contributed by atoms with Crippen LogP contribution in [-0.4, -0.2) is 11.2 Å². The van der Waals surface area contributed by atoms with Gasteiger partial charge in [0.1, 0.15) is 5.69 Å². The normalized spacial score (nSPS) is 10.9. The van der Waals surface area contributed by atoms with Gasteiger partial charge in [-0.3, -0.25) is 0 Å². The quantitative estimate of drug-likeness (QED) is 0.336. The molecule has 1 heterocycles. The SMILES string of the molecule is Brc1nc(/C=N/NSI)c(Br)s1. The Labute approximate surface area is 107 Å². The van der Waals surface area contributed by atoms with Crippen molar-refractivity contribution in [3.63, 3.8) is 0 Å². The largest absolute Gasteiger partial charge is 0.242 e. The summed E-state index contributed by atoms with van der Waals surface area (Å²) in [6.45, 7) is 0. The zero-order valence-electron chi connectivity index (χ0n) is 5.42. The van der Waals surface area contributed by atoms with Crippen molar-refractivity contribution in [1.29, 1.82) is 0 Å². The number of thiazole rings is 1. The molecule has 0 spiro atoms. The Morgan fingerprint density at radius 1 is 1.67 bits per heavy atom. The molecule has 1 aromatic heterocycles. The van der Waals surface area contributed by atoms with E-state index in [9.17, 15) is 0 Å². The maximum absolute atomic E-state index is 4.17. The molecule has 0 aromatic carbocycles. The fourth-order valence-electron chi connectivity index (χ4n) is 0.475. The van der Waals surface area contributed by atoms with Crippen molar-refractivity contribution in [1.82, 2.24) is 9.82 Å². The maximum Gasteiger partial charge on any atom is 0.160 e. The zero-order valence-corrected chi connectivity index (χ0v) is 12.4. The molecule has 0 bridgehead atoms. The molecule has 1 rings (SSSR count). The van der Waals surface area contributed by atoms with Crippen molar-refractivity contribution in [3.05, 3.63) is 13.4 Å². The number of nitrogens with one attached hydrogen (secondary N) is 1. The number of rotatable bonds is 3. The molecule has 12 heavy (non-hydrogen) atoms. The average Bonchev–Trinajstić information content (AvgIpc) is 2.31. The summed E-state index contributed by atoms with van der Waals surface area (Å²) >= 11 is 10.3. The lowest BCUT2D eigenvalue weighted by Gasteiger charge is -1.87. The maximum atomic E-state index is 4.17. The van der Waals surface area contributed by atoms with Crippen LogP contribution in [0.15, 0.2) is 12.8 Å². The van der Waals surface area contributed by atoms with Gasteiger partial charge in [0.25, 0.3) is 0 Å². The molecule has 0 saturated heterocycles. The molecule has 3 nitrogen and oxygen atoms in total. The summed E-state index contributed by atoms with van der Waals surface area (Å²) in [4.78, 5) is 6.90. The van der Waals surface area contributed by atoms with Crippen LogP contribution < -0.4 is 4.83 Å². The second-order valence-electron chi connectivity index (χ2n) is 1.55. The van der Waals surface area contributed by atoms with E-state index in [4.69, 9.17) is 0 Å². The van der Waals surface area contributed by atoms with Crippen molar-refractivity contribution < 1.29 is 0 Å². The van der Waals surface area contributed by atoms with Crippen LogP contribution >= 0.6 is 73.5 Å². The van der Waals surface area contributed by atoms with Crippen LogP contribution in [0.2, 0.25) is 0 Å². The van der Waals surface area contributed by atoms with E-state index >= 15 is 0 Å². The molecule has 1 aromatic rings. The third-order valence-corrected chi connectivity index (χ3v) is 3.83. The van der Waals surface area contributed by atoms with Crippen LogP contribution in [0, 0.1) is 0 Å². The molecule has 0 aliphatic carbocycles. The number of hydrogen-bond acceptors (Lipinski definition) is 5. The lowest BCUT2D eigenvalue weighted by molar-refractivity contribution is 1.13. The summed E-state index contributed by atoms with van der Waals surface area (Å²) in [5.41, 5.74) is 0.824. The lowest BCUT2D eigenvalue weighted by Crippen LogP contribution is -1.90. The predicted molar refractivity (Wildman–Crippen MR) is 69.9 cm³/mol. The molecule has 0 saturated carbocycles. The first kappa shape index (κ1) is 11.2. The lowest BCUT2D eigenvalue weighted by atomic mass is 10.6. The van der Waals surface area contributed by atoms with Crippen molar-refractivity contribution in [2.24, 2.45) is 5.10 Å². The minimum atomic E-state index is 0.824. The topological polar surface area (TPSA) is 37.3 Å². The van der Waals surface area contributed by atoms with Crippen LogP contribution in [0.1, 0.15) is 5.69 Å². The molecule has 8 heteroatoms. The third-order valence-electron chi connectivity index (χ3n) is 0.858. The van der Waals surface area contributed by atoms with E-state index in [-0.39, 0.29) is 0 Å². The van der Waals surface area contributed by atoms with E-state index in [2.05, 4.69) is 68.0 Å². The smallest absolute Gasteiger partial charge is 0.160 e. The van der Waals surface area contributed by atoms with E-state index in [1.165, 1.54) is 20.5 Å². The molecule has 0 aliphatic heterocycles. The van der Waals surface area contributed by atoms with Gasteiger partial charge in [-0.1, -0.05) is 11.3 Å². The summed E-state index contributed by atoms with van der Waals surface area (Å²) in [5.74, 6) is 0. The molecule has 0 amide bonds. The Balaban J connectivity index is 2.68. The molecular formula is C4H2Br2IN3S2. The van der Waals surface area contributed by atoms with E-state index in [0.717, 1.165) is 13.4 Å². The summed E-state index contributed by atoms with van der Waals surface area (Å²) in [6.07, 6.45) is 1.66. The van der Waals surface area contributed by atoms with Gasteiger partial charge in [-0.05, 0) is 31.9 Å². The minimum absolute atomic E-state index is 0.824. The van der Waals surface area contributed by atoms with Crippen molar-refractivity contribution in [3.8, 4) is 0 Å². The number of hydrogen-bond donors (Lipinski definition) is 1. The summed E-state index contributed by atoms with van der Waals surface area (Å²) in [6, 6.07) is 0. The van der Waals surface area contributed by atoms with Crippen molar-refractivity contribution >= 4 is 79.7 Å². The highest BCUT2D eigenvalue weighted by Crippen LogP contribution is 2.27. The number of halogens is 3. The molecule has 0 radical (unpaired) electrons. The Hall–Kier alpha value is 1.14. The fraction of sp³-hybridized carbons (Fsp3) is 0. The minimum Gasteiger partial charge on any atom is -0.242 e. The molecule has 0 unspecified atom stereocenters. The van der Waals surface area contributed by atoms with Crippen LogP contribution in [-0.2, 0) is 0 Å². The first-order valence-electron chi connectivity index (χ1n) is 2.61. The predicted octanol–water partition coefficient (Wildman–Crippen LogP) is 3.59. The number of hydrazone groups is 1. The number of aromatic nitrogens is 1. The first-order valence-corrected chi connectivity index (χ1v) is 8.37. The second-order valence-corrected chi connectivity index (χ2v) is 6.80. The van der Waals surface area contributed by atoms with E-state index < -0.39 is 0 Å². The van der Waals surface area contributed by atoms with Gasteiger partial charge in [-0.2, -0.15) is 5.10 Å². The van der Waals surface area contributed by atoms with Gasteiger partial charge >= 0.3 is 0 Å². The highest BCUT2D eigenvalue weighted by molar-refractivity contribution is 14.2. The van der Waals surface area contributed by atoms with Gasteiger partial charge in [0, 0.05) is 30.3 Å². The van der Waals surface area contributed by atoms with E-state index in [0.29, 0.717) is 0 Å². The highest BCUT2D eigenvalue weighted by Gasteiger charge is 2.03. The zero-order chi connectivity index (χ0) is 8.97. The Kier molecular flexibility index (Phi) is 5.41. The third kappa shape index (κ3) is 3.48. The molecule has 0 atom stereocenters. The van der Waals surface area contributed by atoms with Gasteiger partial charge in [0.05, 0.1) is 10.0 Å². The molecule has 1 N–H and O–H groups in total. The summed E-state index contributed by atoms with van der Waals surface area (Å²) < 4.78 is 1.82. The Morgan fingerprint density at radius 3 is 2.92 bits per heavy atom. The summed E-state index contributed by atoms with van der Waals surface area (Å²) in [5, 5.41) is 3.91. The van der Waals surface area contributed by atoms with E-state index in [1.54, 1.807) is 6.21 Å². The first-order chi connectivity index (χ1) is 5.74. The van der Waals surface area contributed by atoms with Gasteiger partial charge in [0.15, 0.2) is 3.92 Å². The Bertz CT molecular complexity index is 290. The second kappa shape index (κ2) is 5.78. The van der Waals surface area contributed by atoms with Crippen molar-refractivity contribution in [2.75, 3.05) is 0 Å². The summed E-state index contributed by atoms with van der Waals surface area (Å²) in [7, 11) is 1.40. The Morgan fingerprint density at radius 2 is 2.42 bits per heavy atom. The number of nitrogens with zero attached hydrogens (tertiary/aromatic N) is 2. The van der Waals surface area contributed by atoms with Crippen LogP contribution in [0.25, 0.3) is 0 Å². The van der Waals surface area contributed by atoms with Gasteiger partial charge in [0.2, 0.25) is 0 Å². The molecule has 66 valence electrons. The van der Waals surface area contributed by atoms with Crippen LogP contribution in [0.4, 0.5) is 0 Å². The molecule has 0 aliphatic rings. The molecule has 0 fully saturated rings. The van der Waals surface area contributed by atoms with Gasteiger partial charge < -0.3 is 0 Å². The van der Waals surface area contributed by atoms with Crippen molar-refractivity contribution in [2.45, 2.75) is 0 Å². The van der Waals surface area contributed by atoms with Crippen LogP contribution in [0.3, 0.4) is 0 Å². The van der Waals surface area contributed by atoms with E-state index in [1.807, 2.05) is 0 Å². The highest BCUT2D eigenvalue weighted by atomic mass is 127. The van der Waals surface area contributed by atoms with Crippen LogP contribution in [0.5, 0.6) is 0 Å². The monoisotopic (exact) mass is 441 g/mol. The van der Waals surface area contributed by atoms with Gasteiger partial charge in [-0.15, -0.1) is 0 Å². The average molecular weight is 443 g/mol. The van der Waals surface area contributed by atoms with Gasteiger partial charge in [-0.25, -0.2) is 9.82 Å². The molecular weight excluding hydrogens is 441 g/mol. The standard InChI is InChI=1S/C4H2Br2IN3S2/c5-3-2(1-8-10-12-7)9-4(6)11-3/h1,10H/b8-1+. The fourth-order valence-corrected chi connectivity index (χ4v) is 3.38.